The van der Waals surface area contributed by atoms with Crippen molar-refractivity contribution in [2.75, 3.05) is 13.9 Å². The number of allylic oxidation sites excluding steroid dienone is 1. The highest BCUT2D eigenvalue weighted by molar-refractivity contribution is 5.92. The second-order valence-electron chi connectivity index (χ2n) is 6.43. The zero-order valence-electron chi connectivity index (χ0n) is 16.1. The van der Waals surface area contributed by atoms with Crippen LogP contribution in [0.4, 0.5) is 0 Å². The van der Waals surface area contributed by atoms with Gasteiger partial charge >= 0.3 is 5.97 Å². The van der Waals surface area contributed by atoms with Crippen molar-refractivity contribution in [3.63, 3.8) is 0 Å². The van der Waals surface area contributed by atoms with Crippen LogP contribution in [0.2, 0.25) is 0 Å². The Morgan fingerprint density at radius 2 is 1.73 bits per heavy atom. The zero-order valence-corrected chi connectivity index (χ0v) is 16.1. The van der Waals surface area contributed by atoms with Crippen molar-refractivity contribution in [1.82, 2.24) is 0 Å². The van der Waals surface area contributed by atoms with Crippen LogP contribution in [-0.4, -0.2) is 19.9 Å². The highest BCUT2D eigenvalue weighted by atomic mass is 16.7. The summed E-state index contributed by atoms with van der Waals surface area (Å²) in [7, 11) is 1.59. The first-order valence-corrected chi connectivity index (χ1v) is 9.14. The van der Waals surface area contributed by atoms with Gasteiger partial charge in [-0.15, -0.1) is 0 Å². The van der Waals surface area contributed by atoms with Gasteiger partial charge in [0.2, 0.25) is 6.79 Å². The predicted octanol–water partition coefficient (Wildman–Crippen LogP) is 4.71. The number of ether oxygens (including phenoxy) is 4. The van der Waals surface area contributed by atoms with Gasteiger partial charge in [-0.05, 0) is 71.8 Å². The number of hydrogen-bond acceptors (Lipinski definition) is 6. The van der Waals surface area contributed by atoms with E-state index in [2.05, 4.69) is 6.07 Å². The number of fused-ring (bicyclic) bond motifs is 1. The molecule has 0 unspecified atom stereocenters. The number of rotatable bonds is 5. The number of nitriles is 1. The van der Waals surface area contributed by atoms with Crippen molar-refractivity contribution in [3.8, 4) is 29.1 Å². The predicted molar refractivity (Wildman–Crippen MR) is 110 cm³/mol. The molecule has 1 aliphatic rings. The molecule has 148 valence electrons. The molecule has 0 saturated carbocycles. The quantitative estimate of drug-likeness (QED) is 0.268. The van der Waals surface area contributed by atoms with E-state index in [0.29, 0.717) is 34.1 Å². The summed E-state index contributed by atoms with van der Waals surface area (Å²) in [4.78, 5) is 12.5. The smallest absolute Gasteiger partial charge is 0.343 e. The van der Waals surface area contributed by atoms with Gasteiger partial charge in [0.25, 0.3) is 0 Å². The van der Waals surface area contributed by atoms with Crippen LogP contribution in [0.15, 0.2) is 66.7 Å². The highest BCUT2D eigenvalue weighted by Crippen LogP contribution is 2.33. The molecule has 0 atom stereocenters. The van der Waals surface area contributed by atoms with Crippen LogP contribution in [0.25, 0.3) is 11.6 Å². The van der Waals surface area contributed by atoms with Gasteiger partial charge in [-0.3, -0.25) is 0 Å². The number of hydrogen-bond donors (Lipinski definition) is 0. The maximum Gasteiger partial charge on any atom is 0.343 e. The SMILES string of the molecule is COc1ccc(/C(C#N)=C\c2cccc(OC(=O)c3ccc4c(c3)OCO4)c2)cc1. The maximum atomic E-state index is 12.5. The fraction of sp³-hybridized carbons (Fsp3) is 0.0833. The Kier molecular flexibility index (Phi) is 5.35. The Morgan fingerprint density at radius 1 is 0.967 bits per heavy atom. The van der Waals surface area contributed by atoms with Crippen molar-refractivity contribution < 1.29 is 23.7 Å². The van der Waals surface area contributed by atoms with E-state index in [1.807, 2.05) is 18.2 Å². The lowest BCUT2D eigenvalue weighted by Crippen LogP contribution is -2.08. The fourth-order valence-electron chi connectivity index (χ4n) is 2.97. The standard InChI is InChI=1S/C24H17NO5/c1-27-20-8-5-17(6-9-20)19(14-25)11-16-3-2-4-21(12-16)30-24(26)18-7-10-22-23(13-18)29-15-28-22/h2-13H,15H2,1H3/b19-11-. The molecule has 6 heteroatoms. The average molecular weight is 399 g/mol. The molecule has 6 nitrogen and oxygen atoms in total. The molecule has 30 heavy (non-hydrogen) atoms. The third kappa shape index (κ3) is 4.10. The average Bonchev–Trinajstić information content (AvgIpc) is 3.26. The minimum Gasteiger partial charge on any atom is -0.497 e. The van der Waals surface area contributed by atoms with Crippen LogP contribution in [-0.2, 0) is 0 Å². The van der Waals surface area contributed by atoms with Gasteiger partial charge in [0, 0.05) is 0 Å². The van der Waals surface area contributed by atoms with Crippen molar-refractivity contribution >= 4 is 17.6 Å². The summed E-state index contributed by atoms with van der Waals surface area (Å²) in [6, 6.07) is 21.3. The molecule has 1 aliphatic heterocycles. The van der Waals surface area contributed by atoms with E-state index in [9.17, 15) is 10.1 Å². The summed E-state index contributed by atoms with van der Waals surface area (Å²) in [5.41, 5.74) is 2.34. The number of carbonyl (C=O) groups excluding carboxylic acids is 1. The molecule has 3 aromatic rings. The van der Waals surface area contributed by atoms with Crippen LogP contribution in [0.5, 0.6) is 23.0 Å². The van der Waals surface area contributed by atoms with E-state index < -0.39 is 5.97 Å². The first-order valence-electron chi connectivity index (χ1n) is 9.14. The number of esters is 1. The van der Waals surface area contributed by atoms with Gasteiger partial charge in [0.15, 0.2) is 11.5 Å². The summed E-state index contributed by atoms with van der Waals surface area (Å²) in [6.07, 6.45) is 1.74. The molecule has 4 rings (SSSR count). The molecule has 0 fully saturated rings. The third-order valence-electron chi connectivity index (χ3n) is 4.51. The van der Waals surface area contributed by atoms with Crippen LogP contribution in [0.3, 0.4) is 0 Å². The first-order chi connectivity index (χ1) is 14.7. The summed E-state index contributed by atoms with van der Waals surface area (Å²) in [6.45, 7) is 0.137. The van der Waals surface area contributed by atoms with E-state index in [4.69, 9.17) is 18.9 Å². The van der Waals surface area contributed by atoms with Crippen molar-refractivity contribution in [2.24, 2.45) is 0 Å². The van der Waals surface area contributed by atoms with Gasteiger partial charge < -0.3 is 18.9 Å². The van der Waals surface area contributed by atoms with Crippen LogP contribution in [0, 0.1) is 11.3 Å². The first kappa shape index (κ1) is 19.1. The molecule has 0 amide bonds. The molecule has 0 aromatic heterocycles. The van der Waals surface area contributed by atoms with E-state index in [1.54, 1.807) is 61.7 Å². The minimum absolute atomic E-state index is 0.137. The Bertz CT molecular complexity index is 1160. The van der Waals surface area contributed by atoms with Gasteiger partial charge in [-0.2, -0.15) is 5.26 Å². The number of benzene rings is 3. The Labute approximate surface area is 173 Å². The van der Waals surface area contributed by atoms with Crippen molar-refractivity contribution in [1.29, 1.82) is 5.26 Å². The van der Waals surface area contributed by atoms with E-state index in [0.717, 1.165) is 11.1 Å². The largest absolute Gasteiger partial charge is 0.497 e. The van der Waals surface area contributed by atoms with Crippen LogP contribution >= 0.6 is 0 Å². The summed E-state index contributed by atoms with van der Waals surface area (Å²) < 4.78 is 21.2. The van der Waals surface area contributed by atoms with Gasteiger partial charge in [-0.1, -0.05) is 12.1 Å². The van der Waals surface area contributed by atoms with Crippen LogP contribution in [0.1, 0.15) is 21.5 Å². The van der Waals surface area contributed by atoms with E-state index >= 15 is 0 Å². The lowest BCUT2D eigenvalue weighted by atomic mass is 10.0. The molecule has 0 N–H and O–H groups in total. The van der Waals surface area contributed by atoms with E-state index in [1.165, 1.54) is 0 Å². The van der Waals surface area contributed by atoms with Gasteiger partial charge in [-0.25, -0.2) is 4.79 Å². The Morgan fingerprint density at radius 3 is 2.50 bits per heavy atom. The molecular formula is C24H17NO5. The van der Waals surface area contributed by atoms with Gasteiger partial charge in [0.05, 0.1) is 24.3 Å². The second kappa shape index (κ2) is 8.41. The second-order valence-corrected chi connectivity index (χ2v) is 6.43. The number of methoxy groups -OCH3 is 1. The van der Waals surface area contributed by atoms with Crippen LogP contribution < -0.4 is 18.9 Å². The lowest BCUT2D eigenvalue weighted by molar-refractivity contribution is 0.0734. The number of carbonyl (C=O) groups is 1. The zero-order chi connectivity index (χ0) is 20.9. The molecule has 0 radical (unpaired) electrons. The molecule has 0 saturated heterocycles. The van der Waals surface area contributed by atoms with Gasteiger partial charge in [0.1, 0.15) is 11.5 Å². The Hall–Kier alpha value is -4.24. The molecular weight excluding hydrogens is 382 g/mol. The monoisotopic (exact) mass is 399 g/mol. The topological polar surface area (TPSA) is 77.8 Å². The molecule has 0 aliphatic carbocycles. The van der Waals surface area contributed by atoms with Crippen molar-refractivity contribution in [2.45, 2.75) is 0 Å². The Balaban J connectivity index is 1.53. The summed E-state index contributed by atoms with van der Waals surface area (Å²) in [5, 5.41) is 9.55. The third-order valence-corrected chi connectivity index (χ3v) is 4.51. The number of nitrogens with zero attached hydrogens (tertiary/aromatic N) is 1. The molecule has 0 spiro atoms. The molecule has 3 aromatic carbocycles. The summed E-state index contributed by atoms with van der Waals surface area (Å²) >= 11 is 0. The molecule has 1 heterocycles. The molecule has 0 bridgehead atoms. The lowest BCUT2D eigenvalue weighted by Gasteiger charge is -2.07. The maximum absolute atomic E-state index is 12.5. The highest BCUT2D eigenvalue weighted by Gasteiger charge is 2.17. The van der Waals surface area contributed by atoms with E-state index in [-0.39, 0.29) is 6.79 Å². The van der Waals surface area contributed by atoms with Crippen molar-refractivity contribution in [3.05, 3.63) is 83.4 Å². The summed E-state index contributed by atoms with van der Waals surface area (Å²) in [5.74, 6) is 1.69. The normalized spacial score (nSPS) is 12.2. The minimum atomic E-state index is -0.509. The fourth-order valence-corrected chi connectivity index (χ4v) is 2.97.